The molecule has 1 N–H and O–H groups in total. The number of fused-ring (bicyclic) bond motifs is 1. The van der Waals surface area contributed by atoms with Crippen LogP contribution in [0.4, 0.5) is 5.82 Å². The van der Waals surface area contributed by atoms with Crippen molar-refractivity contribution in [2.24, 2.45) is 5.92 Å². The Morgan fingerprint density at radius 3 is 2.76 bits per heavy atom. The third-order valence-corrected chi connectivity index (χ3v) is 5.01. The van der Waals surface area contributed by atoms with Crippen LogP contribution in [0.5, 0.6) is 5.75 Å². The highest BCUT2D eigenvalue weighted by atomic mass is 35.5. The van der Waals surface area contributed by atoms with Crippen LogP contribution < -0.4 is 10.1 Å². The van der Waals surface area contributed by atoms with Crippen LogP contribution in [0.25, 0.3) is 5.82 Å². The molecule has 0 fully saturated rings. The van der Waals surface area contributed by atoms with E-state index in [1.54, 1.807) is 16.8 Å². The van der Waals surface area contributed by atoms with E-state index in [1.165, 1.54) is 0 Å². The third-order valence-electron chi connectivity index (χ3n) is 4.80. The van der Waals surface area contributed by atoms with E-state index in [1.807, 2.05) is 31.2 Å². The van der Waals surface area contributed by atoms with Crippen LogP contribution in [0.1, 0.15) is 43.0 Å². The molecule has 0 saturated heterocycles. The summed E-state index contributed by atoms with van der Waals surface area (Å²) in [4.78, 5) is 12.6. The Morgan fingerprint density at radius 1 is 1.24 bits per heavy atom. The van der Waals surface area contributed by atoms with Crippen LogP contribution in [0.2, 0.25) is 5.15 Å². The number of ether oxygens (including phenoxy) is 1. The van der Waals surface area contributed by atoms with E-state index in [0.717, 1.165) is 22.6 Å². The number of aromatic nitrogens is 4. The number of amides is 1. The van der Waals surface area contributed by atoms with Gasteiger partial charge in [0, 0.05) is 23.5 Å². The Balaban J connectivity index is 1.80. The number of carbonyl (C=O) groups is 1. The minimum atomic E-state index is -0.156. The Morgan fingerprint density at radius 2 is 2.03 bits per heavy atom. The molecule has 2 aromatic heterocycles. The topological polar surface area (TPSA) is 81.9 Å². The number of aryl methyl sites for hydroxylation is 1. The lowest BCUT2D eigenvalue weighted by atomic mass is 9.85. The van der Waals surface area contributed by atoms with Crippen LogP contribution in [0.15, 0.2) is 36.4 Å². The summed E-state index contributed by atoms with van der Waals surface area (Å²) in [6.45, 7) is 6.76. The van der Waals surface area contributed by atoms with Crippen molar-refractivity contribution in [1.82, 2.24) is 20.0 Å². The average molecular weight is 412 g/mol. The lowest BCUT2D eigenvalue weighted by molar-refractivity contribution is -0.116. The summed E-state index contributed by atoms with van der Waals surface area (Å²) >= 11 is 5.86. The number of nitrogens with zero attached hydrogens (tertiary/aromatic N) is 4. The SMILES string of the molecule is Cc1nn(-c2ccc(Cl)nn2)c2c1C(c1ccccc1OCC(C)C)CC(=O)N2. The van der Waals surface area contributed by atoms with Crippen LogP contribution in [0, 0.1) is 12.8 Å². The zero-order chi connectivity index (χ0) is 20.5. The maximum absolute atomic E-state index is 12.6. The molecule has 3 heterocycles. The molecular formula is C21H22ClN5O2. The van der Waals surface area contributed by atoms with Gasteiger partial charge < -0.3 is 10.1 Å². The summed E-state index contributed by atoms with van der Waals surface area (Å²) in [7, 11) is 0. The largest absolute Gasteiger partial charge is 0.493 e. The third kappa shape index (κ3) is 3.82. The van der Waals surface area contributed by atoms with E-state index < -0.39 is 0 Å². The van der Waals surface area contributed by atoms with Gasteiger partial charge >= 0.3 is 0 Å². The average Bonchev–Trinajstić information content (AvgIpc) is 3.03. The molecule has 1 atom stereocenters. The molecule has 0 spiro atoms. The van der Waals surface area contributed by atoms with E-state index in [9.17, 15) is 4.79 Å². The zero-order valence-corrected chi connectivity index (χ0v) is 17.3. The van der Waals surface area contributed by atoms with E-state index in [4.69, 9.17) is 16.3 Å². The standard InChI is InChI=1S/C21H22ClN5O2/c1-12(2)11-29-16-7-5-4-6-14(16)15-10-19(28)23-21-20(15)13(3)26-27(21)18-9-8-17(22)24-25-18/h4-9,12,15H,10-11H2,1-3H3,(H,23,28). The smallest absolute Gasteiger partial charge is 0.226 e. The van der Waals surface area contributed by atoms with E-state index in [2.05, 4.69) is 34.5 Å². The van der Waals surface area contributed by atoms with Gasteiger partial charge in [0.25, 0.3) is 0 Å². The Hall–Kier alpha value is -2.93. The molecule has 29 heavy (non-hydrogen) atoms. The van der Waals surface area contributed by atoms with Crippen LogP contribution >= 0.6 is 11.6 Å². The van der Waals surface area contributed by atoms with E-state index >= 15 is 0 Å². The highest BCUT2D eigenvalue weighted by Crippen LogP contribution is 2.43. The van der Waals surface area contributed by atoms with Gasteiger partial charge in [0.05, 0.1) is 12.3 Å². The Bertz CT molecular complexity index is 1050. The number of halogens is 1. The predicted octanol–water partition coefficient (Wildman–Crippen LogP) is 4.13. The van der Waals surface area contributed by atoms with Gasteiger partial charge in [0.1, 0.15) is 11.6 Å². The van der Waals surface area contributed by atoms with Crippen molar-refractivity contribution in [2.75, 3.05) is 11.9 Å². The second kappa shape index (κ2) is 7.83. The lowest BCUT2D eigenvalue weighted by Gasteiger charge is -2.26. The lowest BCUT2D eigenvalue weighted by Crippen LogP contribution is -2.25. The van der Waals surface area contributed by atoms with Gasteiger partial charge in [0.15, 0.2) is 11.0 Å². The predicted molar refractivity (Wildman–Crippen MR) is 111 cm³/mol. The fourth-order valence-corrected chi connectivity index (χ4v) is 3.66. The number of nitrogens with one attached hydrogen (secondary N) is 1. The van der Waals surface area contributed by atoms with Crippen molar-refractivity contribution < 1.29 is 9.53 Å². The van der Waals surface area contributed by atoms with Crippen molar-refractivity contribution in [3.05, 3.63) is 58.4 Å². The van der Waals surface area contributed by atoms with Crippen molar-refractivity contribution in [2.45, 2.75) is 33.1 Å². The van der Waals surface area contributed by atoms with E-state index in [0.29, 0.717) is 35.7 Å². The highest BCUT2D eigenvalue weighted by Gasteiger charge is 2.34. The van der Waals surface area contributed by atoms with Crippen LogP contribution in [-0.4, -0.2) is 32.5 Å². The zero-order valence-electron chi connectivity index (χ0n) is 16.5. The number of benzene rings is 1. The molecule has 3 aromatic rings. The first-order valence-corrected chi connectivity index (χ1v) is 9.92. The summed E-state index contributed by atoms with van der Waals surface area (Å²) in [6, 6.07) is 11.2. The molecule has 4 rings (SSSR count). The van der Waals surface area contributed by atoms with Gasteiger partial charge in [-0.15, -0.1) is 10.2 Å². The number of anilines is 1. The minimum Gasteiger partial charge on any atom is -0.493 e. The maximum atomic E-state index is 12.6. The molecule has 150 valence electrons. The normalized spacial score (nSPS) is 15.9. The Kier molecular flexibility index (Phi) is 5.24. The quantitative estimate of drug-likeness (QED) is 0.682. The number of hydrogen-bond acceptors (Lipinski definition) is 5. The summed E-state index contributed by atoms with van der Waals surface area (Å²) < 4.78 is 7.66. The Labute approximate surface area is 174 Å². The number of para-hydroxylation sites is 1. The molecule has 1 unspecified atom stereocenters. The molecule has 1 aliphatic rings. The van der Waals surface area contributed by atoms with Crippen LogP contribution in [-0.2, 0) is 4.79 Å². The van der Waals surface area contributed by atoms with Crippen molar-refractivity contribution >= 4 is 23.3 Å². The number of rotatable bonds is 5. The van der Waals surface area contributed by atoms with Crippen molar-refractivity contribution in [3.63, 3.8) is 0 Å². The van der Waals surface area contributed by atoms with E-state index in [-0.39, 0.29) is 11.8 Å². The molecule has 0 radical (unpaired) electrons. The van der Waals surface area contributed by atoms with Gasteiger partial charge in [-0.05, 0) is 31.0 Å². The summed E-state index contributed by atoms with van der Waals surface area (Å²) in [6.07, 6.45) is 0.327. The first-order valence-electron chi connectivity index (χ1n) is 9.54. The van der Waals surface area contributed by atoms with Crippen molar-refractivity contribution in [3.8, 4) is 11.6 Å². The molecule has 7 nitrogen and oxygen atoms in total. The maximum Gasteiger partial charge on any atom is 0.226 e. The monoisotopic (exact) mass is 411 g/mol. The van der Waals surface area contributed by atoms with Gasteiger partial charge in [0.2, 0.25) is 5.91 Å². The van der Waals surface area contributed by atoms with Gasteiger partial charge in [-0.1, -0.05) is 43.6 Å². The molecule has 8 heteroatoms. The van der Waals surface area contributed by atoms with Crippen molar-refractivity contribution in [1.29, 1.82) is 0 Å². The molecule has 1 aromatic carbocycles. The number of carbonyl (C=O) groups excluding carboxylic acids is 1. The fraction of sp³-hybridized carbons (Fsp3) is 0.333. The first-order chi connectivity index (χ1) is 13.9. The summed E-state index contributed by atoms with van der Waals surface area (Å²) in [5.74, 6) is 2.06. The molecular weight excluding hydrogens is 390 g/mol. The molecule has 0 saturated carbocycles. The highest BCUT2D eigenvalue weighted by molar-refractivity contribution is 6.29. The summed E-state index contributed by atoms with van der Waals surface area (Å²) in [5, 5.41) is 15.9. The molecule has 1 amide bonds. The fourth-order valence-electron chi connectivity index (χ4n) is 3.56. The second-order valence-electron chi connectivity index (χ2n) is 7.52. The second-order valence-corrected chi connectivity index (χ2v) is 7.91. The summed E-state index contributed by atoms with van der Waals surface area (Å²) in [5.41, 5.74) is 2.76. The minimum absolute atomic E-state index is 0.0794. The molecule has 0 aliphatic carbocycles. The molecule has 0 bridgehead atoms. The molecule has 1 aliphatic heterocycles. The van der Waals surface area contributed by atoms with Crippen LogP contribution in [0.3, 0.4) is 0 Å². The van der Waals surface area contributed by atoms with Gasteiger partial charge in [-0.3, -0.25) is 4.79 Å². The number of hydrogen-bond donors (Lipinski definition) is 1. The first kappa shape index (κ1) is 19.4. The van der Waals surface area contributed by atoms with Gasteiger partial charge in [-0.25, -0.2) is 0 Å². The van der Waals surface area contributed by atoms with Gasteiger partial charge in [-0.2, -0.15) is 9.78 Å².